The van der Waals surface area contributed by atoms with Crippen LogP contribution in [0, 0.1) is 12.8 Å². The van der Waals surface area contributed by atoms with Crippen LogP contribution in [0.25, 0.3) is 0 Å². The van der Waals surface area contributed by atoms with E-state index in [9.17, 15) is 9.90 Å². The first-order valence-corrected chi connectivity index (χ1v) is 7.56. The van der Waals surface area contributed by atoms with Crippen molar-refractivity contribution in [3.63, 3.8) is 0 Å². The van der Waals surface area contributed by atoms with Gasteiger partial charge in [0.15, 0.2) is 0 Å². The average molecular weight is 291 g/mol. The Balaban J connectivity index is 1.77. The smallest absolute Gasteiger partial charge is 0.226 e. The number of hydrogen-bond donors (Lipinski definition) is 1. The van der Waals surface area contributed by atoms with E-state index in [1.54, 1.807) is 0 Å². The predicted octanol–water partition coefficient (Wildman–Crippen LogP) is 2.38. The third kappa shape index (κ3) is 4.21. The number of benzene rings is 1. The second-order valence-corrected chi connectivity index (χ2v) is 6.34. The van der Waals surface area contributed by atoms with E-state index in [1.165, 1.54) is 0 Å². The lowest BCUT2D eigenvalue weighted by molar-refractivity contribution is -0.131. The summed E-state index contributed by atoms with van der Waals surface area (Å²) in [4.78, 5) is 14.0. The Labute approximate surface area is 126 Å². The van der Waals surface area contributed by atoms with Crippen LogP contribution in [0.15, 0.2) is 24.3 Å². The fraction of sp³-hybridized carbons (Fsp3) is 0.588. The molecule has 116 valence electrons. The average Bonchev–Trinajstić information content (AvgIpc) is 2.90. The summed E-state index contributed by atoms with van der Waals surface area (Å²) in [6.07, 6.45) is 1.25. The SMILES string of the molecule is Cc1ccccc1OCCC(=O)N1CCC(C(C)(C)O)C1. The van der Waals surface area contributed by atoms with Gasteiger partial charge in [0.25, 0.3) is 0 Å². The van der Waals surface area contributed by atoms with Crippen molar-refractivity contribution in [2.75, 3.05) is 19.7 Å². The number of hydrogen-bond acceptors (Lipinski definition) is 3. The van der Waals surface area contributed by atoms with E-state index in [0.717, 1.165) is 24.3 Å². The lowest BCUT2D eigenvalue weighted by Gasteiger charge is -2.25. The van der Waals surface area contributed by atoms with Gasteiger partial charge in [-0.1, -0.05) is 18.2 Å². The summed E-state index contributed by atoms with van der Waals surface area (Å²) >= 11 is 0. The van der Waals surface area contributed by atoms with Gasteiger partial charge in [0.2, 0.25) is 5.91 Å². The van der Waals surface area contributed by atoms with Crippen LogP contribution in [0.1, 0.15) is 32.3 Å². The molecule has 1 aliphatic heterocycles. The number of para-hydroxylation sites is 1. The van der Waals surface area contributed by atoms with E-state index in [4.69, 9.17) is 4.74 Å². The summed E-state index contributed by atoms with van der Waals surface area (Å²) in [7, 11) is 0. The molecule has 0 saturated carbocycles. The number of aryl methyl sites for hydroxylation is 1. The monoisotopic (exact) mass is 291 g/mol. The highest BCUT2D eigenvalue weighted by atomic mass is 16.5. The van der Waals surface area contributed by atoms with Gasteiger partial charge < -0.3 is 14.7 Å². The molecule has 0 spiro atoms. The van der Waals surface area contributed by atoms with Gasteiger partial charge in [-0.2, -0.15) is 0 Å². The molecule has 1 saturated heterocycles. The van der Waals surface area contributed by atoms with Crippen LogP contribution in [-0.2, 0) is 4.79 Å². The van der Waals surface area contributed by atoms with E-state index >= 15 is 0 Å². The lowest BCUT2D eigenvalue weighted by Crippen LogP contribution is -2.35. The Morgan fingerprint density at radius 2 is 2.14 bits per heavy atom. The third-order valence-corrected chi connectivity index (χ3v) is 4.21. The molecule has 1 aromatic rings. The normalized spacial score (nSPS) is 18.9. The standard InChI is InChI=1S/C17H25NO3/c1-13-6-4-5-7-15(13)21-11-9-16(19)18-10-8-14(12-18)17(2,3)20/h4-7,14,20H,8-12H2,1-3H3. The lowest BCUT2D eigenvalue weighted by atomic mass is 9.90. The first kappa shape index (κ1) is 15.8. The quantitative estimate of drug-likeness (QED) is 0.906. The molecule has 1 heterocycles. The molecule has 1 N–H and O–H groups in total. The summed E-state index contributed by atoms with van der Waals surface area (Å²) in [5, 5.41) is 10.0. The third-order valence-electron chi connectivity index (χ3n) is 4.21. The molecule has 1 unspecified atom stereocenters. The second-order valence-electron chi connectivity index (χ2n) is 6.34. The van der Waals surface area contributed by atoms with Gasteiger partial charge in [-0.25, -0.2) is 0 Å². The van der Waals surface area contributed by atoms with Gasteiger partial charge in [-0.05, 0) is 38.8 Å². The molecule has 0 aliphatic carbocycles. The molecule has 1 amide bonds. The highest BCUT2D eigenvalue weighted by Crippen LogP contribution is 2.27. The maximum Gasteiger partial charge on any atom is 0.226 e. The predicted molar refractivity (Wildman–Crippen MR) is 82.3 cm³/mol. The van der Waals surface area contributed by atoms with Crippen LogP contribution in [0.4, 0.5) is 0 Å². The molecule has 4 nitrogen and oxygen atoms in total. The van der Waals surface area contributed by atoms with Crippen molar-refractivity contribution < 1.29 is 14.6 Å². The van der Waals surface area contributed by atoms with Crippen molar-refractivity contribution in [1.82, 2.24) is 4.90 Å². The molecule has 2 rings (SSSR count). The van der Waals surface area contributed by atoms with Gasteiger partial charge in [0.1, 0.15) is 5.75 Å². The van der Waals surface area contributed by atoms with Crippen molar-refractivity contribution in [2.45, 2.75) is 39.2 Å². The number of rotatable bonds is 5. The Kier molecular flexibility index (Phi) is 4.88. The zero-order valence-electron chi connectivity index (χ0n) is 13.1. The first-order chi connectivity index (χ1) is 9.88. The number of aliphatic hydroxyl groups is 1. The number of ether oxygens (including phenoxy) is 1. The van der Waals surface area contributed by atoms with Crippen molar-refractivity contribution in [3.05, 3.63) is 29.8 Å². The summed E-state index contributed by atoms with van der Waals surface area (Å²) in [5.74, 6) is 1.11. The topological polar surface area (TPSA) is 49.8 Å². The molecule has 1 fully saturated rings. The summed E-state index contributed by atoms with van der Waals surface area (Å²) < 4.78 is 5.66. The highest BCUT2D eigenvalue weighted by molar-refractivity contribution is 5.76. The summed E-state index contributed by atoms with van der Waals surface area (Å²) in [5.41, 5.74) is 0.361. The highest BCUT2D eigenvalue weighted by Gasteiger charge is 2.35. The second kappa shape index (κ2) is 6.48. The minimum absolute atomic E-state index is 0.107. The van der Waals surface area contributed by atoms with Crippen molar-refractivity contribution in [1.29, 1.82) is 0 Å². The van der Waals surface area contributed by atoms with Crippen molar-refractivity contribution in [3.8, 4) is 5.75 Å². The Morgan fingerprint density at radius 3 is 2.76 bits per heavy atom. The van der Waals surface area contributed by atoms with E-state index < -0.39 is 5.60 Å². The fourth-order valence-corrected chi connectivity index (χ4v) is 2.69. The summed E-state index contributed by atoms with van der Waals surface area (Å²) in [6.45, 7) is 7.39. The maximum absolute atomic E-state index is 12.2. The molecule has 0 radical (unpaired) electrons. The van der Waals surface area contributed by atoms with Crippen LogP contribution in [0.2, 0.25) is 0 Å². The Morgan fingerprint density at radius 1 is 1.43 bits per heavy atom. The molecule has 0 aromatic heterocycles. The van der Waals surface area contributed by atoms with Crippen LogP contribution in [-0.4, -0.2) is 41.2 Å². The number of carbonyl (C=O) groups is 1. The van der Waals surface area contributed by atoms with Crippen LogP contribution in [0.3, 0.4) is 0 Å². The van der Waals surface area contributed by atoms with Gasteiger partial charge in [0, 0.05) is 19.0 Å². The molecule has 4 heteroatoms. The molecular weight excluding hydrogens is 266 g/mol. The van der Waals surface area contributed by atoms with Crippen molar-refractivity contribution >= 4 is 5.91 Å². The first-order valence-electron chi connectivity index (χ1n) is 7.56. The van der Waals surface area contributed by atoms with E-state index in [0.29, 0.717) is 19.6 Å². The van der Waals surface area contributed by atoms with E-state index in [2.05, 4.69) is 0 Å². The minimum atomic E-state index is -0.716. The zero-order chi connectivity index (χ0) is 15.5. The molecule has 1 aromatic carbocycles. The van der Waals surface area contributed by atoms with Gasteiger partial charge >= 0.3 is 0 Å². The van der Waals surface area contributed by atoms with Crippen LogP contribution < -0.4 is 4.74 Å². The Hall–Kier alpha value is -1.55. The van der Waals surface area contributed by atoms with Crippen LogP contribution >= 0.6 is 0 Å². The number of likely N-dealkylation sites (tertiary alicyclic amines) is 1. The molecule has 21 heavy (non-hydrogen) atoms. The Bertz CT molecular complexity index is 493. The van der Waals surface area contributed by atoms with E-state index in [1.807, 2.05) is 49.9 Å². The minimum Gasteiger partial charge on any atom is -0.493 e. The number of nitrogens with zero attached hydrogens (tertiary/aromatic N) is 1. The maximum atomic E-state index is 12.2. The molecule has 0 bridgehead atoms. The number of amides is 1. The van der Waals surface area contributed by atoms with Crippen LogP contribution in [0.5, 0.6) is 5.75 Å². The molecule has 1 aliphatic rings. The molecule has 1 atom stereocenters. The fourth-order valence-electron chi connectivity index (χ4n) is 2.69. The van der Waals surface area contributed by atoms with Gasteiger partial charge in [0.05, 0.1) is 18.6 Å². The van der Waals surface area contributed by atoms with E-state index in [-0.39, 0.29) is 11.8 Å². The summed E-state index contributed by atoms with van der Waals surface area (Å²) in [6, 6.07) is 7.80. The zero-order valence-corrected chi connectivity index (χ0v) is 13.1. The number of carbonyl (C=O) groups excluding carboxylic acids is 1. The van der Waals surface area contributed by atoms with Gasteiger partial charge in [-0.3, -0.25) is 4.79 Å². The molecular formula is C17H25NO3. The van der Waals surface area contributed by atoms with Gasteiger partial charge in [-0.15, -0.1) is 0 Å². The van der Waals surface area contributed by atoms with Crippen molar-refractivity contribution in [2.24, 2.45) is 5.92 Å². The largest absolute Gasteiger partial charge is 0.493 e.